The van der Waals surface area contributed by atoms with E-state index < -0.39 is 17.7 Å². The van der Waals surface area contributed by atoms with E-state index in [4.69, 9.17) is 20.8 Å². The van der Waals surface area contributed by atoms with Crippen molar-refractivity contribution in [3.63, 3.8) is 0 Å². The summed E-state index contributed by atoms with van der Waals surface area (Å²) in [5, 5.41) is 11.6. The monoisotopic (exact) mass is 451 g/mol. The Morgan fingerprint density at radius 3 is 2.56 bits per heavy atom. The molecule has 1 aromatic heterocycles. The fourth-order valence-electron chi connectivity index (χ4n) is 4.06. The Morgan fingerprint density at radius 1 is 1.12 bits per heavy atom. The number of aryl methyl sites for hydroxylation is 2. The molecule has 3 aromatic rings. The zero-order valence-corrected chi connectivity index (χ0v) is 18.6. The van der Waals surface area contributed by atoms with Crippen LogP contribution < -0.4 is 4.74 Å². The number of methoxy groups -OCH3 is 1. The number of aliphatic hydroxyl groups is 1. The van der Waals surface area contributed by atoms with Crippen LogP contribution in [0.4, 0.5) is 0 Å². The summed E-state index contributed by atoms with van der Waals surface area (Å²) in [5.41, 5.74) is 2.67. The van der Waals surface area contributed by atoms with Crippen LogP contribution in [-0.2, 0) is 16.1 Å². The standard InChI is InChI=1S/C25H22ClNO5/c1-14-6-4-7-16(10-14)21-20(22(28)18-11-15(2)12-19(26)24(18)31-3)23(29)25(30)27(21)13-17-8-5-9-32-17/h4-12,21,28H,13H2,1-3H3/b22-20+. The van der Waals surface area contributed by atoms with Crippen molar-refractivity contribution in [1.29, 1.82) is 0 Å². The molecule has 0 bridgehead atoms. The second-order valence-corrected chi connectivity index (χ2v) is 8.16. The van der Waals surface area contributed by atoms with Crippen LogP contribution in [0.15, 0.2) is 64.8 Å². The number of amides is 1. The smallest absolute Gasteiger partial charge is 0.296 e. The Bertz CT molecular complexity index is 1230. The summed E-state index contributed by atoms with van der Waals surface area (Å²) in [6.45, 7) is 3.82. The van der Waals surface area contributed by atoms with Gasteiger partial charge in [0, 0.05) is 0 Å². The lowest BCUT2D eigenvalue weighted by Gasteiger charge is -2.25. The van der Waals surface area contributed by atoms with Crippen LogP contribution in [0.2, 0.25) is 5.02 Å². The molecule has 7 heteroatoms. The van der Waals surface area contributed by atoms with Crippen LogP contribution in [-0.4, -0.2) is 28.8 Å². The second kappa shape index (κ2) is 8.55. The van der Waals surface area contributed by atoms with Crippen molar-refractivity contribution < 1.29 is 23.8 Å². The topological polar surface area (TPSA) is 80.0 Å². The van der Waals surface area contributed by atoms with Gasteiger partial charge in [0.05, 0.1) is 42.1 Å². The van der Waals surface area contributed by atoms with Crippen LogP contribution >= 0.6 is 11.6 Å². The van der Waals surface area contributed by atoms with Crippen LogP contribution in [0, 0.1) is 13.8 Å². The first kappa shape index (κ1) is 21.7. The third-order valence-electron chi connectivity index (χ3n) is 5.45. The van der Waals surface area contributed by atoms with E-state index in [-0.39, 0.29) is 29.2 Å². The number of rotatable bonds is 5. The number of likely N-dealkylation sites (tertiary alicyclic amines) is 1. The van der Waals surface area contributed by atoms with Crippen molar-refractivity contribution in [3.05, 3.63) is 93.4 Å². The van der Waals surface area contributed by atoms with E-state index in [0.717, 1.165) is 11.1 Å². The van der Waals surface area contributed by atoms with Gasteiger partial charge in [0.1, 0.15) is 17.3 Å². The summed E-state index contributed by atoms with van der Waals surface area (Å²) in [6.07, 6.45) is 1.51. The van der Waals surface area contributed by atoms with E-state index in [0.29, 0.717) is 16.3 Å². The first-order valence-corrected chi connectivity index (χ1v) is 10.4. The number of aliphatic hydroxyl groups excluding tert-OH is 1. The number of furan rings is 1. The van der Waals surface area contributed by atoms with E-state index in [2.05, 4.69) is 0 Å². The highest BCUT2D eigenvalue weighted by molar-refractivity contribution is 6.46. The van der Waals surface area contributed by atoms with Gasteiger partial charge in [0.25, 0.3) is 11.7 Å². The van der Waals surface area contributed by atoms with E-state index in [9.17, 15) is 14.7 Å². The average molecular weight is 452 g/mol. The number of Topliss-reactive ketones (excluding diaryl/α,β-unsaturated/α-hetero) is 1. The van der Waals surface area contributed by atoms with Crippen molar-refractivity contribution in [2.24, 2.45) is 0 Å². The normalized spacial score (nSPS) is 17.8. The lowest BCUT2D eigenvalue weighted by Crippen LogP contribution is -2.29. The van der Waals surface area contributed by atoms with Gasteiger partial charge in [0.2, 0.25) is 0 Å². The van der Waals surface area contributed by atoms with Crippen molar-refractivity contribution >= 4 is 29.1 Å². The molecule has 0 aliphatic carbocycles. The van der Waals surface area contributed by atoms with Crippen LogP contribution in [0.25, 0.3) is 5.76 Å². The van der Waals surface area contributed by atoms with E-state index in [1.807, 2.05) is 38.1 Å². The Morgan fingerprint density at radius 2 is 1.91 bits per heavy atom. The third-order valence-corrected chi connectivity index (χ3v) is 5.73. The average Bonchev–Trinajstić information content (AvgIpc) is 3.35. The lowest BCUT2D eigenvalue weighted by atomic mass is 9.93. The molecule has 1 fully saturated rings. The molecule has 1 amide bonds. The molecule has 0 saturated carbocycles. The van der Waals surface area contributed by atoms with Gasteiger partial charge >= 0.3 is 0 Å². The summed E-state index contributed by atoms with van der Waals surface area (Å²) in [7, 11) is 1.43. The minimum atomic E-state index is -0.802. The largest absolute Gasteiger partial charge is 0.507 e. The third kappa shape index (κ3) is 3.78. The number of carbonyl (C=O) groups is 2. The van der Waals surface area contributed by atoms with Crippen LogP contribution in [0.5, 0.6) is 5.75 Å². The lowest BCUT2D eigenvalue weighted by molar-refractivity contribution is -0.140. The van der Waals surface area contributed by atoms with Gasteiger partial charge in [0.15, 0.2) is 0 Å². The quantitative estimate of drug-likeness (QED) is 0.328. The molecule has 1 atom stereocenters. The maximum Gasteiger partial charge on any atom is 0.296 e. The molecule has 1 aliphatic rings. The predicted molar refractivity (Wildman–Crippen MR) is 120 cm³/mol. The summed E-state index contributed by atoms with van der Waals surface area (Å²) in [5.74, 6) is -1.07. The first-order valence-electron chi connectivity index (χ1n) is 10.0. The summed E-state index contributed by atoms with van der Waals surface area (Å²) >= 11 is 6.31. The van der Waals surface area contributed by atoms with E-state index in [1.54, 1.807) is 24.3 Å². The van der Waals surface area contributed by atoms with Gasteiger partial charge in [-0.1, -0.05) is 41.4 Å². The number of benzene rings is 2. The summed E-state index contributed by atoms with van der Waals surface area (Å²) in [4.78, 5) is 27.7. The van der Waals surface area contributed by atoms with E-state index in [1.165, 1.54) is 18.3 Å². The number of ether oxygens (including phenoxy) is 1. The van der Waals surface area contributed by atoms with Crippen LogP contribution in [0.3, 0.4) is 0 Å². The van der Waals surface area contributed by atoms with Gasteiger partial charge in [-0.25, -0.2) is 0 Å². The summed E-state index contributed by atoms with van der Waals surface area (Å²) in [6, 6.07) is 13.5. The first-order chi connectivity index (χ1) is 15.3. The second-order valence-electron chi connectivity index (χ2n) is 7.75. The highest BCUT2D eigenvalue weighted by atomic mass is 35.5. The van der Waals surface area contributed by atoms with Gasteiger partial charge < -0.3 is 19.2 Å². The molecule has 0 spiro atoms. The molecule has 164 valence electrons. The van der Waals surface area contributed by atoms with E-state index >= 15 is 0 Å². The van der Waals surface area contributed by atoms with Crippen LogP contribution in [0.1, 0.15) is 34.1 Å². The molecule has 1 aliphatic heterocycles. The molecule has 1 unspecified atom stereocenters. The number of hydrogen-bond acceptors (Lipinski definition) is 5. The van der Waals surface area contributed by atoms with Gasteiger partial charge in [-0.05, 0) is 49.2 Å². The molecular formula is C25H22ClNO5. The molecule has 1 N–H and O–H groups in total. The number of carbonyl (C=O) groups excluding carboxylic acids is 2. The number of halogens is 1. The molecule has 2 aromatic carbocycles. The number of ketones is 1. The molecule has 6 nitrogen and oxygen atoms in total. The molecule has 0 radical (unpaired) electrons. The fraction of sp³-hybridized carbons (Fsp3) is 0.200. The minimum Gasteiger partial charge on any atom is -0.507 e. The SMILES string of the molecule is COc1c(Cl)cc(C)cc1/C(O)=C1\C(=O)C(=O)N(Cc2ccco2)C1c1cccc(C)c1. The molecule has 2 heterocycles. The Kier molecular flexibility index (Phi) is 5.80. The van der Waals surface area contributed by atoms with Gasteiger partial charge in [-0.3, -0.25) is 9.59 Å². The van der Waals surface area contributed by atoms with Crippen molar-refractivity contribution in [2.75, 3.05) is 7.11 Å². The molecular weight excluding hydrogens is 430 g/mol. The molecule has 4 rings (SSSR count). The van der Waals surface area contributed by atoms with Gasteiger partial charge in [-0.2, -0.15) is 0 Å². The predicted octanol–water partition coefficient (Wildman–Crippen LogP) is 5.18. The molecule has 1 saturated heterocycles. The number of nitrogens with zero attached hydrogens (tertiary/aromatic N) is 1. The fourth-order valence-corrected chi connectivity index (χ4v) is 4.41. The maximum atomic E-state index is 13.2. The Balaban J connectivity index is 1.95. The van der Waals surface area contributed by atoms with Crippen molar-refractivity contribution in [2.45, 2.75) is 26.4 Å². The van der Waals surface area contributed by atoms with Crippen molar-refractivity contribution in [1.82, 2.24) is 4.90 Å². The Hall–Kier alpha value is -3.51. The highest BCUT2D eigenvalue weighted by Gasteiger charge is 2.46. The highest BCUT2D eigenvalue weighted by Crippen LogP contribution is 2.43. The van der Waals surface area contributed by atoms with Crippen molar-refractivity contribution in [3.8, 4) is 5.75 Å². The zero-order chi connectivity index (χ0) is 23.0. The summed E-state index contributed by atoms with van der Waals surface area (Å²) < 4.78 is 10.8. The zero-order valence-electron chi connectivity index (χ0n) is 17.9. The Labute approximate surface area is 190 Å². The van der Waals surface area contributed by atoms with Gasteiger partial charge in [-0.15, -0.1) is 0 Å². The minimum absolute atomic E-state index is 0.0212. The number of hydrogen-bond donors (Lipinski definition) is 1. The molecule has 32 heavy (non-hydrogen) atoms. The maximum absolute atomic E-state index is 13.2.